The zero-order valence-corrected chi connectivity index (χ0v) is 16.8. The second kappa shape index (κ2) is 6.29. The van der Waals surface area contributed by atoms with Crippen molar-refractivity contribution in [1.82, 2.24) is 0 Å². The molecule has 0 atom stereocenters. The van der Waals surface area contributed by atoms with E-state index in [1.807, 2.05) is 11.8 Å². The van der Waals surface area contributed by atoms with Gasteiger partial charge in [-0.15, -0.1) is 11.8 Å². The Kier molecular flexibility index (Phi) is 4.63. The number of benzene rings is 2. The molecule has 0 radical (unpaired) electrons. The number of hydrogen-bond acceptors (Lipinski definition) is 2. The Hall–Kier alpha value is -1.15. The molecule has 0 bridgehead atoms. The van der Waals surface area contributed by atoms with Gasteiger partial charge in [0.15, 0.2) is 0 Å². The van der Waals surface area contributed by atoms with Crippen LogP contribution in [0.5, 0.6) is 5.75 Å². The van der Waals surface area contributed by atoms with E-state index in [2.05, 4.69) is 65.8 Å². The van der Waals surface area contributed by atoms with E-state index in [0.717, 1.165) is 5.75 Å². The second-order valence-electron chi connectivity index (χ2n) is 8.83. The first-order valence-corrected chi connectivity index (χ1v) is 9.91. The Morgan fingerprint density at radius 3 is 2.21 bits per heavy atom. The number of thioether (sulfide) groups is 1. The van der Waals surface area contributed by atoms with Crippen molar-refractivity contribution in [2.45, 2.75) is 82.5 Å². The number of rotatable bonds is 2. The van der Waals surface area contributed by atoms with Crippen LogP contribution in [0, 0.1) is 0 Å². The monoisotopic (exact) mass is 342 g/mol. The molecule has 0 unspecified atom stereocenters. The van der Waals surface area contributed by atoms with Crippen molar-refractivity contribution >= 4 is 22.5 Å². The number of fused-ring (bicyclic) bond motifs is 3. The minimum atomic E-state index is -0.196. The van der Waals surface area contributed by atoms with Crippen LogP contribution < -0.4 is 4.74 Å². The summed E-state index contributed by atoms with van der Waals surface area (Å²) < 4.78 is 6.70. The summed E-state index contributed by atoms with van der Waals surface area (Å²) >= 11 is 1.91. The zero-order valence-electron chi connectivity index (χ0n) is 16.0. The summed E-state index contributed by atoms with van der Waals surface area (Å²) in [4.78, 5) is 1.27. The number of ether oxygens (including phenoxy) is 1. The van der Waals surface area contributed by atoms with Crippen molar-refractivity contribution in [3.63, 3.8) is 0 Å². The van der Waals surface area contributed by atoms with Crippen LogP contribution in [0.2, 0.25) is 0 Å². The van der Waals surface area contributed by atoms with Gasteiger partial charge in [-0.3, -0.25) is 0 Å². The molecule has 2 heteroatoms. The molecule has 1 aliphatic rings. The summed E-state index contributed by atoms with van der Waals surface area (Å²) in [6, 6.07) is 9.12. The van der Waals surface area contributed by atoms with Crippen LogP contribution in [0.15, 0.2) is 29.2 Å². The summed E-state index contributed by atoms with van der Waals surface area (Å²) in [6.07, 6.45) is 4.98. The molecule has 1 aliphatic carbocycles. The summed E-state index contributed by atoms with van der Waals surface area (Å²) in [5, 5.41) is 2.67. The largest absolute Gasteiger partial charge is 0.486 e. The number of hydrogen-bond donors (Lipinski definition) is 0. The SMILES string of the molecule is CC(C)(C)Oc1c(SC(C)(C)C)ccc2ccc3c(c12)CCCC3. The lowest BCUT2D eigenvalue weighted by Crippen LogP contribution is -2.24. The van der Waals surface area contributed by atoms with Gasteiger partial charge in [-0.05, 0) is 69.0 Å². The third-order valence-electron chi connectivity index (χ3n) is 4.25. The first kappa shape index (κ1) is 17.7. The lowest BCUT2D eigenvalue weighted by atomic mass is 9.87. The highest BCUT2D eigenvalue weighted by molar-refractivity contribution is 8.00. The van der Waals surface area contributed by atoms with E-state index < -0.39 is 0 Å². The molecule has 0 fully saturated rings. The smallest absolute Gasteiger partial charge is 0.141 e. The molecule has 24 heavy (non-hydrogen) atoms. The van der Waals surface area contributed by atoms with Crippen LogP contribution in [0.3, 0.4) is 0 Å². The summed E-state index contributed by atoms with van der Waals surface area (Å²) in [5.41, 5.74) is 2.85. The lowest BCUT2D eigenvalue weighted by molar-refractivity contribution is 0.129. The summed E-state index contributed by atoms with van der Waals surface area (Å²) in [7, 11) is 0. The van der Waals surface area contributed by atoms with Crippen molar-refractivity contribution in [1.29, 1.82) is 0 Å². The third kappa shape index (κ3) is 3.91. The zero-order chi connectivity index (χ0) is 17.5. The normalized spacial score (nSPS) is 15.4. The van der Waals surface area contributed by atoms with Crippen LogP contribution in [-0.4, -0.2) is 10.3 Å². The maximum Gasteiger partial charge on any atom is 0.141 e. The van der Waals surface area contributed by atoms with E-state index in [4.69, 9.17) is 4.74 Å². The average molecular weight is 343 g/mol. The van der Waals surface area contributed by atoms with Crippen molar-refractivity contribution in [2.24, 2.45) is 0 Å². The Morgan fingerprint density at radius 1 is 0.875 bits per heavy atom. The fraction of sp³-hybridized carbons (Fsp3) is 0.545. The van der Waals surface area contributed by atoms with Gasteiger partial charge < -0.3 is 4.74 Å². The Morgan fingerprint density at radius 2 is 1.54 bits per heavy atom. The minimum Gasteiger partial charge on any atom is -0.486 e. The van der Waals surface area contributed by atoms with Gasteiger partial charge in [0.05, 0.1) is 4.90 Å². The van der Waals surface area contributed by atoms with Gasteiger partial charge in [-0.25, -0.2) is 0 Å². The van der Waals surface area contributed by atoms with Gasteiger partial charge in [0.25, 0.3) is 0 Å². The standard InChI is InChI=1S/C22H30OS/c1-21(2,3)23-20-18(24-22(4,5)6)14-13-16-12-11-15-9-7-8-10-17(15)19(16)20/h11-14H,7-10H2,1-6H3. The van der Waals surface area contributed by atoms with Gasteiger partial charge in [-0.2, -0.15) is 0 Å². The Balaban J connectivity index is 2.26. The van der Waals surface area contributed by atoms with E-state index in [0.29, 0.717) is 0 Å². The molecule has 130 valence electrons. The summed E-state index contributed by atoms with van der Waals surface area (Å²) in [5.74, 6) is 1.10. The van der Waals surface area contributed by atoms with E-state index >= 15 is 0 Å². The van der Waals surface area contributed by atoms with E-state index in [9.17, 15) is 0 Å². The van der Waals surface area contributed by atoms with Gasteiger partial charge >= 0.3 is 0 Å². The highest BCUT2D eigenvalue weighted by Gasteiger charge is 2.24. The molecule has 0 N–H and O–H groups in total. The van der Waals surface area contributed by atoms with Crippen molar-refractivity contribution in [3.05, 3.63) is 35.4 Å². The fourth-order valence-electron chi connectivity index (χ4n) is 3.44. The van der Waals surface area contributed by atoms with Crippen LogP contribution in [0.1, 0.15) is 65.5 Å². The van der Waals surface area contributed by atoms with Gasteiger partial charge in [0.1, 0.15) is 11.4 Å². The molecule has 0 aromatic heterocycles. The average Bonchev–Trinajstić information content (AvgIpc) is 2.46. The third-order valence-corrected chi connectivity index (χ3v) is 5.41. The first-order valence-electron chi connectivity index (χ1n) is 9.09. The van der Waals surface area contributed by atoms with Gasteiger partial charge in [0, 0.05) is 10.1 Å². The molecule has 1 nitrogen and oxygen atoms in total. The molecular formula is C22H30OS. The molecule has 0 aliphatic heterocycles. The molecule has 2 aromatic rings. The first-order chi connectivity index (χ1) is 11.1. The highest BCUT2D eigenvalue weighted by Crippen LogP contribution is 2.45. The van der Waals surface area contributed by atoms with Crippen LogP contribution in [-0.2, 0) is 12.8 Å². The molecule has 3 rings (SSSR count). The predicted octanol–water partition coefficient (Wildman–Crippen LogP) is 6.79. The lowest BCUT2D eigenvalue weighted by Gasteiger charge is -2.29. The molecule has 0 heterocycles. The Labute approximate surface area is 151 Å². The maximum atomic E-state index is 6.54. The van der Waals surface area contributed by atoms with Crippen LogP contribution in [0.25, 0.3) is 10.8 Å². The van der Waals surface area contributed by atoms with E-state index in [1.165, 1.54) is 52.5 Å². The quantitative estimate of drug-likeness (QED) is 0.556. The van der Waals surface area contributed by atoms with Crippen molar-refractivity contribution in [3.8, 4) is 5.75 Å². The van der Waals surface area contributed by atoms with Crippen molar-refractivity contribution < 1.29 is 4.74 Å². The molecule has 0 saturated carbocycles. The molecule has 0 saturated heterocycles. The van der Waals surface area contributed by atoms with Gasteiger partial charge in [-0.1, -0.05) is 39.0 Å². The molecule has 0 amide bonds. The summed E-state index contributed by atoms with van der Waals surface area (Å²) in [6.45, 7) is 13.2. The topological polar surface area (TPSA) is 9.23 Å². The second-order valence-corrected chi connectivity index (χ2v) is 10.7. The molecule has 2 aromatic carbocycles. The highest BCUT2D eigenvalue weighted by atomic mass is 32.2. The van der Waals surface area contributed by atoms with Crippen LogP contribution in [0.4, 0.5) is 0 Å². The predicted molar refractivity (Wildman–Crippen MR) is 107 cm³/mol. The maximum absolute atomic E-state index is 6.54. The van der Waals surface area contributed by atoms with E-state index in [-0.39, 0.29) is 10.3 Å². The minimum absolute atomic E-state index is 0.165. The molecular weight excluding hydrogens is 312 g/mol. The van der Waals surface area contributed by atoms with Crippen LogP contribution >= 0.6 is 11.8 Å². The van der Waals surface area contributed by atoms with Crippen molar-refractivity contribution in [2.75, 3.05) is 0 Å². The molecule has 0 spiro atoms. The van der Waals surface area contributed by atoms with Gasteiger partial charge in [0.2, 0.25) is 0 Å². The Bertz CT molecular complexity index is 747. The number of aryl methyl sites for hydroxylation is 2. The van der Waals surface area contributed by atoms with E-state index in [1.54, 1.807) is 0 Å². The fourth-order valence-corrected chi connectivity index (χ4v) is 4.47.